The lowest BCUT2D eigenvalue weighted by atomic mass is 9.98. The van der Waals surface area contributed by atoms with Crippen molar-refractivity contribution in [3.05, 3.63) is 28.8 Å². The van der Waals surface area contributed by atoms with Gasteiger partial charge < -0.3 is 10.6 Å². The van der Waals surface area contributed by atoms with Crippen molar-refractivity contribution in [2.45, 2.75) is 50.7 Å². The van der Waals surface area contributed by atoms with E-state index in [-0.39, 0.29) is 5.91 Å². The predicted molar refractivity (Wildman–Crippen MR) is 90.4 cm³/mol. The largest absolute Gasteiger partial charge is 0.325 e. The third-order valence-electron chi connectivity index (χ3n) is 4.92. The van der Waals surface area contributed by atoms with Crippen LogP contribution in [-0.2, 0) is 4.79 Å². The number of likely N-dealkylation sites (N-methyl/N-ethyl adjacent to an activating group) is 1. The van der Waals surface area contributed by atoms with Crippen molar-refractivity contribution < 1.29 is 4.79 Å². The molecule has 0 spiro atoms. The highest BCUT2D eigenvalue weighted by molar-refractivity contribution is 6.31. The molecule has 1 aromatic carbocycles. The third-order valence-corrected chi connectivity index (χ3v) is 5.33. The molecule has 3 rings (SSSR count). The van der Waals surface area contributed by atoms with E-state index in [2.05, 4.69) is 22.6 Å². The molecule has 2 bridgehead atoms. The summed E-state index contributed by atoms with van der Waals surface area (Å²) in [6.45, 7) is 2.38. The minimum atomic E-state index is 0.0216. The summed E-state index contributed by atoms with van der Waals surface area (Å²) in [6.07, 6.45) is 4.86. The number of aryl methyl sites for hydroxylation is 1. The number of fused-ring (bicyclic) bond motifs is 2. The number of carbonyl (C=O) groups excluding carboxylic acids is 1. The molecule has 2 saturated heterocycles. The van der Waals surface area contributed by atoms with E-state index in [4.69, 9.17) is 11.6 Å². The highest BCUT2D eigenvalue weighted by atomic mass is 35.5. The van der Waals surface area contributed by atoms with Crippen LogP contribution in [0.3, 0.4) is 0 Å². The first-order valence-electron chi connectivity index (χ1n) is 8.03. The molecule has 0 radical (unpaired) electrons. The Morgan fingerprint density at radius 2 is 2.05 bits per heavy atom. The van der Waals surface area contributed by atoms with Crippen LogP contribution in [0, 0.1) is 6.92 Å². The van der Waals surface area contributed by atoms with Gasteiger partial charge in [-0.15, -0.1) is 0 Å². The normalized spacial score (nSPS) is 27.2. The number of benzene rings is 1. The minimum absolute atomic E-state index is 0.0216. The molecule has 2 aliphatic rings. The van der Waals surface area contributed by atoms with Gasteiger partial charge >= 0.3 is 0 Å². The van der Waals surface area contributed by atoms with Crippen LogP contribution in [0.2, 0.25) is 5.02 Å². The van der Waals surface area contributed by atoms with Crippen LogP contribution in [-0.4, -0.2) is 42.5 Å². The number of piperidine rings is 1. The van der Waals surface area contributed by atoms with Crippen LogP contribution in [0.5, 0.6) is 0 Å². The lowest BCUT2D eigenvalue weighted by molar-refractivity contribution is -0.117. The van der Waals surface area contributed by atoms with E-state index < -0.39 is 0 Å². The average molecular weight is 322 g/mol. The first kappa shape index (κ1) is 15.8. The number of anilines is 1. The Kier molecular flexibility index (Phi) is 4.71. The van der Waals surface area contributed by atoms with E-state index in [0.29, 0.717) is 29.7 Å². The second-order valence-electron chi connectivity index (χ2n) is 6.69. The van der Waals surface area contributed by atoms with Crippen molar-refractivity contribution >= 4 is 23.2 Å². The maximum absolute atomic E-state index is 12.2. The van der Waals surface area contributed by atoms with Gasteiger partial charge in [0.05, 0.1) is 6.54 Å². The number of halogens is 1. The highest BCUT2D eigenvalue weighted by Gasteiger charge is 2.35. The van der Waals surface area contributed by atoms with Crippen LogP contribution in [0.4, 0.5) is 5.69 Å². The predicted octanol–water partition coefficient (Wildman–Crippen LogP) is 2.80. The Morgan fingerprint density at radius 1 is 1.36 bits per heavy atom. The standard InChI is InChI=1S/C17H24ClN3O/c1-11-3-4-14(9-16(11)18)20-17(22)10-21(2)15-7-12-5-6-13(8-15)19-12/h3-4,9,12-13,15,19H,5-8,10H2,1-2H3,(H,20,22). The van der Waals surface area contributed by atoms with Gasteiger partial charge in [0, 0.05) is 28.8 Å². The molecule has 2 fully saturated rings. The summed E-state index contributed by atoms with van der Waals surface area (Å²) >= 11 is 6.10. The summed E-state index contributed by atoms with van der Waals surface area (Å²) in [4.78, 5) is 14.4. The summed E-state index contributed by atoms with van der Waals surface area (Å²) < 4.78 is 0. The topological polar surface area (TPSA) is 44.4 Å². The molecule has 2 atom stereocenters. The minimum Gasteiger partial charge on any atom is -0.325 e. The van der Waals surface area contributed by atoms with Gasteiger partial charge in [0.1, 0.15) is 0 Å². The van der Waals surface area contributed by atoms with E-state index in [9.17, 15) is 4.79 Å². The molecule has 0 saturated carbocycles. The van der Waals surface area contributed by atoms with Gasteiger partial charge in [0.2, 0.25) is 5.91 Å². The Balaban J connectivity index is 1.53. The first-order valence-corrected chi connectivity index (χ1v) is 8.41. The molecule has 0 aromatic heterocycles. The lowest BCUT2D eigenvalue weighted by Crippen LogP contribution is -2.48. The zero-order valence-electron chi connectivity index (χ0n) is 13.2. The zero-order chi connectivity index (χ0) is 15.7. The van der Waals surface area contributed by atoms with Gasteiger partial charge in [-0.05, 0) is 57.4 Å². The van der Waals surface area contributed by atoms with Crippen molar-refractivity contribution in [3.8, 4) is 0 Å². The molecule has 2 aliphatic heterocycles. The average Bonchev–Trinajstić information content (AvgIpc) is 2.81. The molecule has 5 heteroatoms. The van der Waals surface area contributed by atoms with E-state index in [0.717, 1.165) is 24.1 Å². The summed E-state index contributed by atoms with van der Waals surface area (Å²) in [5.41, 5.74) is 1.78. The zero-order valence-corrected chi connectivity index (χ0v) is 14.0. The van der Waals surface area contributed by atoms with Crippen molar-refractivity contribution in [2.24, 2.45) is 0 Å². The van der Waals surface area contributed by atoms with Gasteiger partial charge in [0.25, 0.3) is 0 Å². The lowest BCUT2D eigenvalue weighted by Gasteiger charge is -2.35. The van der Waals surface area contributed by atoms with Crippen molar-refractivity contribution in [2.75, 3.05) is 18.9 Å². The van der Waals surface area contributed by atoms with Crippen molar-refractivity contribution in [1.82, 2.24) is 10.2 Å². The Labute approximate surface area is 137 Å². The second kappa shape index (κ2) is 6.57. The van der Waals surface area contributed by atoms with Crippen molar-refractivity contribution in [3.63, 3.8) is 0 Å². The second-order valence-corrected chi connectivity index (χ2v) is 7.10. The van der Waals surface area contributed by atoms with Crippen LogP contribution in [0.1, 0.15) is 31.2 Å². The Hall–Kier alpha value is -1.10. The van der Waals surface area contributed by atoms with Crippen LogP contribution in [0.25, 0.3) is 0 Å². The van der Waals surface area contributed by atoms with Crippen molar-refractivity contribution in [1.29, 1.82) is 0 Å². The van der Waals surface area contributed by atoms with E-state index >= 15 is 0 Å². The third kappa shape index (κ3) is 3.62. The van der Waals surface area contributed by atoms with Gasteiger partial charge in [-0.25, -0.2) is 0 Å². The molecule has 2 heterocycles. The SMILES string of the molecule is Cc1ccc(NC(=O)CN(C)C2CC3CCC(C2)N3)cc1Cl. The van der Waals surface area contributed by atoms with E-state index in [1.807, 2.05) is 19.1 Å². The molecule has 0 aliphatic carbocycles. The number of hydrogen-bond donors (Lipinski definition) is 2. The molecule has 2 N–H and O–H groups in total. The number of nitrogens with zero attached hydrogens (tertiary/aromatic N) is 1. The molecular formula is C17H24ClN3O. The number of carbonyl (C=O) groups is 1. The Bertz CT molecular complexity index is 551. The fourth-order valence-corrected chi connectivity index (χ4v) is 3.79. The fourth-order valence-electron chi connectivity index (χ4n) is 3.61. The summed E-state index contributed by atoms with van der Waals surface area (Å²) in [5.74, 6) is 0.0216. The van der Waals surface area contributed by atoms with Gasteiger partial charge in [-0.2, -0.15) is 0 Å². The molecule has 120 valence electrons. The maximum atomic E-state index is 12.2. The number of nitrogens with one attached hydrogen (secondary N) is 2. The van der Waals surface area contributed by atoms with Crippen LogP contribution < -0.4 is 10.6 Å². The van der Waals surface area contributed by atoms with Crippen LogP contribution >= 0.6 is 11.6 Å². The smallest absolute Gasteiger partial charge is 0.238 e. The number of rotatable bonds is 4. The summed E-state index contributed by atoms with van der Waals surface area (Å²) in [7, 11) is 2.05. The van der Waals surface area contributed by atoms with Crippen LogP contribution in [0.15, 0.2) is 18.2 Å². The Morgan fingerprint density at radius 3 is 2.68 bits per heavy atom. The first-order chi connectivity index (χ1) is 10.5. The number of hydrogen-bond acceptors (Lipinski definition) is 3. The maximum Gasteiger partial charge on any atom is 0.238 e. The molecule has 4 nitrogen and oxygen atoms in total. The molecule has 1 amide bonds. The monoisotopic (exact) mass is 321 g/mol. The molecule has 2 unspecified atom stereocenters. The quantitative estimate of drug-likeness (QED) is 0.896. The molecule has 1 aromatic rings. The summed E-state index contributed by atoms with van der Waals surface area (Å²) in [5, 5.41) is 7.26. The van der Waals surface area contributed by atoms with Gasteiger partial charge in [0.15, 0.2) is 0 Å². The van der Waals surface area contributed by atoms with Gasteiger partial charge in [-0.3, -0.25) is 9.69 Å². The number of amides is 1. The molecular weight excluding hydrogens is 298 g/mol. The fraction of sp³-hybridized carbons (Fsp3) is 0.588. The summed E-state index contributed by atoms with van der Waals surface area (Å²) in [6, 6.07) is 7.41. The highest BCUT2D eigenvalue weighted by Crippen LogP contribution is 2.29. The molecule has 22 heavy (non-hydrogen) atoms. The van der Waals surface area contributed by atoms with Gasteiger partial charge in [-0.1, -0.05) is 17.7 Å². The van der Waals surface area contributed by atoms with E-state index in [1.165, 1.54) is 12.8 Å². The van der Waals surface area contributed by atoms with E-state index in [1.54, 1.807) is 6.07 Å².